The van der Waals surface area contributed by atoms with Crippen LogP contribution >= 0.6 is 0 Å². The molecular formula is C27H22N4O3. The van der Waals surface area contributed by atoms with Gasteiger partial charge in [-0.05, 0) is 30.3 Å². The first kappa shape index (κ1) is 21.2. The van der Waals surface area contributed by atoms with Gasteiger partial charge in [-0.3, -0.25) is 9.59 Å². The molecule has 0 spiro atoms. The summed E-state index contributed by atoms with van der Waals surface area (Å²) >= 11 is 0. The van der Waals surface area contributed by atoms with Crippen LogP contribution in [0.15, 0.2) is 85.2 Å². The van der Waals surface area contributed by atoms with E-state index in [9.17, 15) is 9.59 Å². The Morgan fingerprint density at radius 2 is 1.85 bits per heavy atom. The van der Waals surface area contributed by atoms with Gasteiger partial charge in [0.2, 0.25) is 11.7 Å². The molecule has 5 rings (SSSR count). The number of ether oxygens (including phenoxy) is 1. The Morgan fingerprint density at radius 1 is 1.00 bits per heavy atom. The van der Waals surface area contributed by atoms with Crippen molar-refractivity contribution in [1.29, 1.82) is 0 Å². The van der Waals surface area contributed by atoms with Crippen LogP contribution in [0.4, 0.5) is 0 Å². The molecular weight excluding hydrogens is 428 g/mol. The molecule has 0 aliphatic heterocycles. The third-order valence-electron chi connectivity index (χ3n) is 5.51. The van der Waals surface area contributed by atoms with Gasteiger partial charge in [0.15, 0.2) is 0 Å². The first-order valence-corrected chi connectivity index (χ1v) is 10.8. The van der Waals surface area contributed by atoms with E-state index < -0.39 is 0 Å². The van der Waals surface area contributed by atoms with E-state index in [0.717, 1.165) is 22.0 Å². The van der Waals surface area contributed by atoms with Crippen molar-refractivity contribution in [3.05, 3.63) is 102 Å². The standard InChI is InChI=1S/C27H22N4O3/c1-17(32)29-15-22-21-12-13-28-23(21)10-11-25(22)34-20-9-5-8-19(14-20)27-30-16-24(31-27)26(33)18-6-3-2-4-7-18/h2-14,16,28H,15H2,1H3,(H,29,32)(H,30,31). The lowest BCUT2D eigenvalue weighted by Gasteiger charge is -2.13. The van der Waals surface area contributed by atoms with Crippen molar-refractivity contribution in [2.75, 3.05) is 0 Å². The number of nitrogens with zero attached hydrogens (tertiary/aromatic N) is 1. The molecule has 168 valence electrons. The molecule has 2 heterocycles. The molecule has 0 aliphatic rings. The Morgan fingerprint density at radius 3 is 2.68 bits per heavy atom. The van der Waals surface area contributed by atoms with Crippen molar-refractivity contribution in [3.8, 4) is 22.9 Å². The van der Waals surface area contributed by atoms with Gasteiger partial charge in [0.1, 0.15) is 23.0 Å². The van der Waals surface area contributed by atoms with E-state index in [0.29, 0.717) is 35.1 Å². The van der Waals surface area contributed by atoms with E-state index in [1.165, 1.54) is 6.92 Å². The number of ketones is 1. The highest BCUT2D eigenvalue weighted by molar-refractivity contribution is 6.07. The maximum atomic E-state index is 12.7. The first-order valence-electron chi connectivity index (χ1n) is 10.8. The molecule has 0 fully saturated rings. The topological polar surface area (TPSA) is 99.9 Å². The lowest BCUT2D eigenvalue weighted by molar-refractivity contribution is -0.119. The molecule has 0 bridgehead atoms. The van der Waals surface area contributed by atoms with E-state index in [-0.39, 0.29) is 11.7 Å². The van der Waals surface area contributed by atoms with Gasteiger partial charge in [0, 0.05) is 47.3 Å². The number of aromatic amines is 2. The van der Waals surface area contributed by atoms with Crippen LogP contribution in [-0.2, 0) is 11.3 Å². The highest BCUT2D eigenvalue weighted by Gasteiger charge is 2.15. The molecule has 0 atom stereocenters. The molecule has 1 amide bonds. The number of hydrogen-bond donors (Lipinski definition) is 3. The minimum Gasteiger partial charge on any atom is -0.457 e. The Kier molecular flexibility index (Phi) is 5.66. The maximum absolute atomic E-state index is 12.7. The maximum Gasteiger partial charge on any atom is 0.217 e. The van der Waals surface area contributed by atoms with E-state index >= 15 is 0 Å². The van der Waals surface area contributed by atoms with E-state index in [4.69, 9.17) is 4.74 Å². The number of amides is 1. The summed E-state index contributed by atoms with van der Waals surface area (Å²) in [7, 11) is 0. The zero-order valence-electron chi connectivity index (χ0n) is 18.5. The number of benzene rings is 3. The number of fused-ring (bicyclic) bond motifs is 1. The number of carbonyl (C=O) groups is 2. The van der Waals surface area contributed by atoms with Crippen LogP contribution in [0.2, 0.25) is 0 Å². The number of carbonyl (C=O) groups excluding carboxylic acids is 2. The van der Waals surface area contributed by atoms with Crippen molar-refractivity contribution >= 4 is 22.6 Å². The predicted octanol–water partition coefficient (Wildman–Crippen LogP) is 5.22. The SMILES string of the molecule is CC(=O)NCc1c(Oc2cccc(-c3ncc(C(=O)c4ccccc4)[nH]3)c2)ccc2[nH]ccc12. The minimum atomic E-state index is -0.117. The van der Waals surface area contributed by atoms with Crippen LogP contribution in [0, 0.1) is 0 Å². The fraction of sp³-hybridized carbons (Fsp3) is 0.0741. The summed E-state index contributed by atoms with van der Waals surface area (Å²) in [5.41, 5.74) is 3.65. The Labute approximate surface area is 195 Å². The first-order chi connectivity index (χ1) is 16.6. The summed E-state index contributed by atoms with van der Waals surface area (Å²) in [6, 6.07) is 22.3. The Hall–Kier alpha value is -4.65. The van der Waals surface area contributed by atoms with E-state index in [2.05, 4.69) is 20.3 Å². The minimum absolute atomic E-state index is 0.112. The molecule has 0 saturated carbocycles. The zero-order chi connectivity index (χ0) is 23.5. The van der Waals surface area contributed by atoms with Crippen LogP contribution in [0.5, 0.6) is 11.5 Å². The number of nitrogens with one attached hydrogen (secondary N) is 3. The van der Waals surface area contributed by atoms with Crippen molar-refractivity contribution in [1.82, 2.24) is 20.3 Å². The van der Waals surface area contributed by atoms with Gasteiger partial charge in [-0.1, -0.05) is 42.5 Å². The monoisotopic (exact) mass is 450 g/mol. The van der Waals surface area contributed by atoms with Crippen LogP contribution in [0.25, 0.3) is 22.3 Å². The summed E-state index contributed by atoms with van der Waals surface area (Å²) < 4.78 is 6.23. The molecule has 3 aromatic carbocycles. The predicted molar refractivity (Wildman–Crippen MR) is 130 cm³/mol. The van der Waals surface area contributed by atoms with Gasteiger partial charge >= 0.3 is 0 Å². The molecule has 3 N–H and O–H groups in total. The summed E-state index contributed by atoms with van der Waals surface area (Å²) in [5.74, 6) is 1.61. The van der Waals surface area contributed by atoms with Crippen molar-refractivity contribution in [2.45, 2.75) is 13.5 Å². The van der Waals surface area contributed by atoms with Gasteiger partial charge in [-0.15, -0.1) is 0 Å². The smallest absolute Gasteiger partial charge is 0.217 e. The van der Waals surface area contributed by atoms with Gasteiger partial charge in [-0.2, -0.15) is 0 Å². The lowest BCUT2D eigenvalue weighted by Crippen LogP contribution is -2.19. The second-order valence-corrected chi connectivity index (χ2v) is 7.86. The molecule has 7 heteroatoms. The molecule has 34 heavy (non-hydrogen) atoms. The quantitative estimate of drug-likeness (QED) is 0.296. The molecule has 0 radical (unpaired) electrons. The van der Waals surface area contributed by atoms with E-state index in [1.54, 1.807) is 18.3 Å². The van der Waals surface area contributed by atoms with Crippen LogP contribution < -0.4 is 10.1 Å². The second-order valence-electron chi connectivity index (χ2n) is 7.86. The Bertz CT molecular complexity index is 1480. The number of H-pyrrole nitrogens is 2. The van der Waals surface area contributed by atoms with Gasteiger partial charge in [0.05, 0.1) is 6.20 Å². The molecule has 2 aromatic heterocycles. The van der Waals surface area contributed by atoms with Gasteiger partial charge in [0.25, 0.3) is 0 Å². The summed E-state index contributed by atoms with van der Waals surface area (Å²) in [6.45, 7) is 1.84. The summed E-state index contributed by atoms with van der Waals surface area (Å²) in [5, 5.41) is 3.84. The second kappa shape index (κ2) is 9.07. The number of aromatic nitrogens is 3. The summed E-state index contributed by atoms with van der Waals surface area (Å²) in [4.78, 5) is 34.9. The average Bonchev–Trinajstić information content (AvgIpc) is 3.54. The fourth-order valence-electron chi connectivity index (χ4n) is 3.83. The van der Waals surface area contributed by atoms with Crippen LogP contribution in [-0.4, -0.2) is 26.6 Å². The average molecular weight is 450 g/mol. The fourth-order valence-corrected chi connectivity index (χ4v) is 3.83. The van der Waals surface area contributed by atoms with E-state index in [1.807, 2.05) is 66.9 Å². The van der Waals surface area contributed by atoms with Crippen LogP contribution in [0.1, 0.15) is 28.5 Å². The van der Waals surface area contributed by atoms with Gasteiger partial charge < -0.3 is 20.0 Å². The zero-order valence-corrected chi connectivity index (χ0v) is 18.5. The largest absolute Gasteiger partial charge is 0.457 e. The molecule has 0 unspecified atom stereocenters. The molecule has 0 saturated heterocycles. The van der Waals surface area contributed by atoms with Crippen molar-refractivity contribution in [3.63, 3.8) is 0 Å². The van der Waals surface area contributed by atoms with Crippen LogP contribution in [0.3, 0.4) is 0 Å². The Balaban J connectivity index is 1.42. The lowest BCUT2D eigenvalue weighted by atomic mass is 10.1. The summed E-state index contributed by atoms with van der Waals surface area (Å²) in [6.07, 6.45) is 3.40. The number of rotatable bonds is 7. The number of imidazole rings is 1. The number of hydrogen-bond acceptors (Lipinski definition) is 4. The van der Waals surface area contributed by atoms with Crippen molar-refractivity contribution < 1.29 is 14.3 Å². The molecule has 0 aliphatic carbocycles. The highest BCUT2D eigenvalue weighted by atomic mass is 16.5. The normalized spacial score (nSPS) is 10.9. The van der Waals surface area contributed by atoms with Crippen molar-refractivity contribution in [2.24, 2.45) is 0 Å². The third kappa shape index (κ3) is 4.31. The highest BCUT2D eigenvalue weighted by Crippen LogP contribution is 2.32. The molecule has 7 nitrogen and oxygen atoms in total. The third-order valence-corrected chi connectivity index (χ3v) is 5.51. The van der Waals surface area contributed by atoms with Gasteiger partial charge in [-0.25, -0.2) is 4.98 Å². The molecule has 5 aromatic rings.